The highest BCUT2D eigenvalue weighted by Crippen LogP contribution is 2.35. The van der Waals surface area contributed by atoms with Crippen molar-refractivity contribution < 1.29 is 18.3 Å². The first-order valence-electron chi connectivity index (χ1n) is 4.71. The fourth-order valence-electron chi connectivity index (χ4n) is 1.36. The van der Waals surface area contributed by atoms with Gasteiger partial charge < -0.3 is 5.11 Å². The van der Waals surface area contributed by atoms with Gasteiger partial charge in [0.1, 0.15) is 5.82 Å². The molecule has 0 heterocycles. The highest BCUT2D eigenvalue weighted by atomic mass is 19.3. The van der Waals surface area contributed by atoms with Crippen molar-refractivity contribution >= 4 is 0 Å². The number of aliphatic hydroxyl groups excluding tert-OH is 1. The van der Waals surface area contributed by atoms with E-state index in [1.165, 1.54) is 19.1 Å². The average Bonchev–Trinajstić information content (AvgIpc) is 2.18. The summed E-state index contributed by atoms with van der Waals surface area (Å²) in [7, 11) is 0. The van der Waals surface area contributed by atoms with Gasteiger partial charge in [-0.05, 0) is 17.7 Å². The summed E-state index contributed by atoms with van der Waals surface area (Å²) >= 11 is 0. The molecular weight excluding hydrogens is 205 g/mol. The van der Waals surface area contributed by atoms with E-state index < -0.39 is 30.7 Å². The van der Waals surface area contributed by atoms with Gasteiger partial charge in [-0.2, -0.15) is 0 Å². The van der Waals surface area contributed by atoms with Gasteiger partial charge in [-0.3, -0.25) is 0 Å². The van der Waals surface area contributed by atoms with Gasteiger partial charge in [-0.1, -0.05) is 19.1 Å². The van der Waals surface area contributed by atoms with Crippen molar-refractivity contribution in [2.24, 2.45) is 0 Å². The van der Waals surface area contributed by atoms with Gasteiger partial charge in [-0.15, -0.1) is 0 Å². The topological polar surface area (TPSA) is 20.2 Å². The van der Waals surface area contributed by atoms with E-state index in [1.54, 1.807) is 0 Å². The molecule has 1 N–H and O–H groups in total. The predicted octanol–water partition coefficient (Wildman–Crippen LogP) is 2.95. The van der Waals surface area contributed by atoms with Gasteiger partial charge in [0.05, 0.1) is 0 Å². The largest absolute Gasteiger partial charge is 0.396 e. The molecule has 0 aliphatic carbocycles. The molecule has 0 saturated heterocycles. The quantitative estimate of drug-likeness (QED) is 0.823. The highest BCUT2D eigenvalue weighted by Gasteiger charge is 2.36. The Morgan fingerprint density at radius 2 is 1.80 bits per heavy atom. The number of alkyl halides is 2. The molecule has 0 saturated carbocycles. The van der Waals surface area contributed by atoms with Crippen LogP contribution < -0.4 is 0 Å². The van der Waals surface area contributed by atoms with Gasteiger partial charge in [0.2, 0.25) is 0 Å². The van der Waals surface area contributed by atoms with Crippen molar-refractivity contribution in [2.75, 3.05) is 6.61 Å². The van der Waals surface area contributed by atoms with Crippen LogP contribution in [-0.2, 0) is 0 Å². The first kappa shape index (κ1) is 12.0. The minimum atomic E-state index is -2.97. The summed E-state index contributed by atoms with van der Waals surface area (Å²) in [4.78, 5) is 0. The van der Waals surface area contributed by atoms with Crippen LogP contribution in [0.25, 0.3) is 0 Å². The minimum Gasteiger partial charge on any atom is -0.396 e. The Kier molecular flexibility index (Phi) is 3.74. The third kappa shape index (κ3) is 2.96. The fraction of sp³-hybridized carbons (Fsp3) is 0.455. The molecule has 0 bridgehead atoms. The number of halogens is 3. The molecule has 1 aromatic carbocycles. The Bertz CT molecular complexity index is 308. The number of hydrogen-bond donors (Lipinski definition) is 1. The standard InChI is InChI=1S/C11H13F3O/c1-8(11(13,14)6-7-15)9-2-4-10(12)5-3-9/h2-5,8,15H,6-7H2,1H3. The minimum absolute atomic E-state index is 0.370. The average molecular weight is 218 g/mol. The van der Waals surface area contributed by atoms with Crippen molar-refractivity contribution in [1.29, 1.82) is 0 Å². The molecule has 1 unspecified atom stereocenters. The molecule has 4 heteroatoms. The van der Waals surface area contributed by atoms with Crippen LogP contribution >= 0.6 is 0 Å². The Balaban J connectivity index is 2.84. The Morgan fingerprint density at radius 3 is 2.27 bits per heavy atom. The fourth-order valence-corrected chi connectivity index (χ4v) is 1.36. The maximum Gasteiger partial charge on any atom is 0.256 e. The second kappa shape index (κ2) is 4.66. The van der Waals surface area contributed by atoms with E-state index in [1.807, 2.05) is 0 Å². The summed E-state index contributed by atoms with van der Waals surface area (Å²) < 4.78 is 39.3. The Morgan fingerprint density at radius 1 is 1.27 bits per heavy atom. The summed E-state index contributed by atoms with van der Waals surface area (Å²) in [5, 5.41) is 8.50. The van der Waals surface area contributed by atoms with E-state index in [-0.39, 0.29) is 0 Å². The van der Waals surface area contributed by atoms with E-state index in [2.05, 4.69) is 0 Å². The maximum absolute atomic E-state index is 13.4. The van der Waals surface area contributed by atoms with Crippen LogP contribution in [-0.4, -0.2) is 17.6 Å². The Hall–Kier alpha value is -1.03. The number of aliphatic hydroxyl groups is 1. The molecule has 1 rings (SSSR count). The SMILES string of the molecule is CC(c1ccc(F)cc1)C(F)(F)CCO. The summed E-state index contributed by atoms with van der Waals surface area (Å²) in [6.07, 6.45) is -0.578. The molecular formula is C11H13F3O. The smallest absolute Gasteiger partial charge is 0.256 e. The van der Waals surface area contributed by atoms with Crippen LogP contribution in [0.3, 0.4) is 0 Å². The molecule has 1 aromatic rings. The monoisotopic (exact) mass is 218 g/mol. The van der Waals surface area contributed by atoms with E-state index in [0.717, 1.165) is 12.1 Å². The molecule has 0 spiro atoms. The van der Waals surface area contributed by atoms with Gasteiger partial charge in [-0.25, -0.2) is 13.2 Å². The van der Waals surface area contributed by atoms with Crippen molar-refractivity contribution in [3.05, 3.63) is 35.6 Å². The summed E-state index contributed by atoms with van der Waals surface area (Å²) in [5.41, 5.74) is 0.370. The maximum atomic E-state index is 13.4. The molecule has 84 valence electrons. The van der Waals surface area contributed by atoms with E-state index in [4.69, 9.17) is 5.11 Å². The van der Waals surface area contributed by atoms with Gasteiger partial charge in [0, 0.05) is 18.9 Å². The molecule has 0 aromatic heterocycles. The molecule has 0 radical (unpaired) electrons. The van der Waals surface area contributed by atoms with E-state index in [0.29, 0.717) is 5.56 Å². The number of rotatable bonds is 4. The van der Waals surface area contributed by atoms with Crippen molar-refractivity contribution in [3.63, 3.8) is 0 Å². The lowest BCUT2D eigenvalue weighted by molar-refractivity contribution is -0.0422. The Labute approximate surface area is 86.5 Å². The van der Waals surface area contributed by atoms with Crippen LogP contribution in [0.15, 0.2) is 24.3 Å². The molecule has 0 amide bonds. The van der Waals surface area contributed by atoms with E-state index >= 15 is 0 Å². The predicted molar refractivity (Wildman–Crippen MR) is 51.5 cm³/mol. The second-order valence-electron chi connectivity index (χ2n) is 3.51. The van der Waals surface area contributed by atoms with Crippen LogP contribution in [0.1, 0.15) is 24.8 Å². The van der Waals surface area contributed by atoms with Crippen LogP contribution in [0.4, 0.5) is 13.2 Å². The molecule has 0 aliphatic heterocycles. The lowest BCUT2D eigenvalue weighted by atomic mass is 9.93. The molecule has 0 aliphatic rings. The molecule has 1 nitrogen and oxygen atoms in total. The zero-order valence-corrected chi connectivity index (χ0v) is 8.38. The number of benzene rings is 1. The van der Waals surface area contributed by atoms with Crippen LogP contribution in [0.2, 0.25) is 0 Å². The summed E-state index contributed by atoms with van der Waals surface area (Å²) in [6, 6.07) is 4.98. The van der Waals surface area contributed by atoms with E-state index in [9.17, 15) is 13.2 Å². The van der Waals surface area contributed by atoms with Crippen LogP contribution in [0.5, 0.6) is 0 Å². The normalized spacial score (nSPS) is 13.9. The lowest BCUT2D eigenvalue weighted by Crippen LogP contribution is -2.25. The third-order valence-electron chi connectivity index (χ3n) is 2.45. The van der Waals surface area contributed by atoms with Crippen molar-refractivity contribution in [3.8, 4) is 0 Å². The van der Waals surface area contributed by atoms with Gasteiger partial charge in [0.15, 0.2) is 0 Å². The third-order valence-corrected chi connectivity index (χ3v) is 2.45. The summed E-state index contributed by atoms with van der Waals surface area (Å²) in [5.74, 6) is -4.44. The van der Waals surface area contributed by atoms with Crippen LogP contribution in [0, 0.1) is 5.82 Å². The summed E-state index contributed by atoms with van der Waals surface area (Å²) in [6.45, 7) is 0.807. The van der Waals surface area contributed by atoms with Crippen molar-refractivity contribution in [1.82, 2.24) is 0 Å². The zero-order chi connectivity index (χ0) is 11.5. The zero-order valence-electron chi connectivity index (χ0n) is 8.38. The molecule has 15 heavy (non-hydrogen) atoms. The molecule has 1 atom stereocenters. The second-order valence-corrected chi connectivity index (χ2v) is 3.51. The molecule has 0 fully saturated rings. The first-order valence-corrected chi connectivity index (χ1v) is 4.71. The number of hydrogen-bond acceptors (Lipinski definition) is 1. The van der Waals surface area contributed by atoms with Gasteiger partial charge >= 0.3 is 0 Å². The first-order chi connectivity index (χ1) is 6.97. The van der Waals surface area contributed by atoms with Gasteiger partial charge in [0.25, 0.3) is 5.92 Å². The van der Waals surface area contributed by atoms with Crippen molar-refractivity contribution in [2.45, 2.75) is 25.2 Å². The highest BCUT2D eigenvalue weighted by molar-refractivity contribution is 5.21. The lowest BCUT2D eigenvalue weighted by Gasteiger charge is -2.23.